The predicted molar refractivity (Wildman–Crippen MR) is 102 cm³/mol. The van der Waals surface area contributed by atoms with Crippen molar-refractivity contribution < 1.29 is 9.47 Å². The van der Waals surface area contributed by atoms with Gasteiger partial charge < -0.3 is 9.47 Å². The second-order valence-corrected chi connectivity index (χ2v) is 7.49. The van der Waals surface area contributed by atoms with Crippen LogP contribution in [0.1, 0.15) is 41.4 Å². The van der Waals surface area contributed by atoms with E-state index in [1.807, 2.05) is 19.1 Å². The molecule has 6 nitrogen and oxygen atoms in total. The Labute approximate surface area is 158 Å². The number of ether oxygens (including phenoxy) is 2. The Kier molecular flexibility index (Phi) is 3.82. The van der Waals surface area contributed by atoms with Crippen LogP contribution in [0.15, 0.2) is 30.5 Å². The zero-order valence-electron chi connectivity index (χ0n) is 16.0. The van der Waals surface area contributed by atoms with Gasteiger partial charge >= 0.3 is 0 Å². The van der Waals surface area contributed by atoms with E-state index < -0.39 is 0 Å². The van der Waals surface area contributed by atoms with E-state index in [-0.39, 0.29) is 0 Å². The molecule has 4 heterocycles. The highest BCUT2D eigenvalue weighted by molar-refractivity contribution is 5.47. The third-order valence-electron chi connectivity index (χ3n) is 6.01. The van der Waals surface area contributed by atoms with Crippen molar-refractivity contribution in [2.45, 2.75) is 44.8 Å². The van der Waals surface area contributed by atoms with Gasteiger partial charge in [0.05, 0.1) is 25.6 Å². The largest absolute Gasteiger partial charge is 0.493 e. The molecule has 2 aliphatic heterocycles. The Balaban J connectivity index is 1.53. The summed E-state index contributed by atoms with van der Waals surface area (Å²) in [4.78, 5) is 7.26. The number of para-hydroxylation sites is 1. The van der Waals surface area contributed by atoms with Gasteiger partial charge in [0.25, 0.3) is 0 Å². The first-order chi connectivity index (χ1) is 13.2. The summed E-state index contributed by atoms with van der Waals surface area (Å²) in [5.74, 6) is 1.62. The smallest absolute Gasteiger partial charge is 0.165 e. The van der Waals surface area contributed by atoms with Crippen molar-refractivity contribution in [1.82, 2.24) is 19.5 Å². The first-order valence-electron chi connectivity index (χ1n) is 9.49. The van der Waals surface area contributed by atoms with E-state index in [0.717, 1.165) is 42.2 Å². The van der Waals surface area contributed by atoms with E-state index in [1.54, 1.807) is 14.2 Å². The number of rotatable bonds is 4. The van der Waals surface area contributed by atoms with Crippen LogP contribution < -0.4 is 9.47 Å². The van der Waals surface area contributed by atoms with Crippen molar-refractivity contribution >= 4 is 5.65 Å². The fourth-order valence-electron chi connectivity index (χ4n) is 4.82. The van der Waals surface area contributed by atoms with Crippen LogP contribution in [0, 0.1) is 6.92 Å². The van der Waals surface area contributed by atoms with Gasteiger partial charge in [-0.15, -0.1) is 0 Å². The van der Waals surface area contributed by atoms with E-state index in [0.29, 0.717) is 12.1 Å². The van der Waals surface area contributed by atoms with Gasteiger partial charge in [-0.3, -0.25) is 4.90 Å². The lowest BCUT2D eigenvalue weighted by molar-refractivity contribution is 0.163. The second-order valence-electron chi connectivity index (χ2n) is 7.49. The SMILES string of the molecule is COc1cccc(CN2[C@@H]3CC[C@@H]2c2cnc4cc(C)nn4c2C3)c1OC. The van der Waals surface area contributed by atoms with Crippen molar-refractivity contribution in [2.24, 2.45) is 0 Å². The minimum absolute atomic E-state index is 0.385. The molecule has 0 unspecified atom stereocenters. The molecule has 0 aliphatic carbocycles. The molecule has 140 valence electrons. The monoisotopic (exact) mass is 364 g/mol. The zero-order valence-corrected chi connectivity index (χ0v) is 16.0. The Bertz CT molecular complexity index is 1010. The molecule has 1 fully saturated rings. The van der Waals surface area contributed by atoms with Crippen LogP contribution in [0.4, 0.5) is 0 Å². The van der Waals surface area contributed by atoms with Crippen LogP contribution in [-0.2, 0) is 13.0 Å². The number of aryl methyl sites for hydroxylation is 1. The van der Waals surface area contributed by atoms with Crippen molar-refractivity contribution in [2.75, 3.05) is 14.2 Å². The molecule has 2 bridgehead atoms. The highest BCUT2D eigenvalue weighted by Gasteiger charge is 2.41. The van der Waals surface area contributed by atoms with Crippen LogP contribution in [0.3, 0.4) is 0 Å². The predicted octanol–water partition coefficient (Wildman–Crippen LogP) is 3.32. The van der Waals surface area contributed by atoms with Gasteiger partial charge in [0.2, 0.25) is 0 Å². The van der Waals surface area contributed by atoms with Crippen molar-refractivity contribution in [3.8, 4) is 11.5 Å². The fraction of sp³-hybridized carbons (Fsp3) is 0.429. The van der Waals surface area contributed by atoms with Crippen LogP contribution in [0.5, 0.6) is 11.5 Å². The number of hydrogen-bond acceptors (Lipinski definition) is 5. The van der Waals surface area contributed by atoms with Gasteiger partial charge in [-0.2, -0.15) is 5.10 Å². The summed E-state index contributed by atoms with van der Waals surface area (Å²) in [6, 6.07) is 9.08. The molecule has 1 aromatic carbocycles. The van der Waals surface area contributed by atoms with Crippen molar-refractivity contribution in [3.05, 3.63) is 53.0 Å². The van der Waals surface area contributed by atoms with Gasteiger partial charge in [-0.05, 0) is 25.8 Å². The molecule has 3 aromatic rings. The van der Waals surface area contributed by atoms with Gasteiger partial charge in [-0.1, -0.05) is 12.1 Å². The molecular weight excluding hydrogens is 340 g/mol. The van der Waals surface area contributed by atoms with Gasteiger partial charge in [0.1, 0.15) is 0 Å². The van der Waals surface area contributed by atoms with Gasteiger partial charge in [-0.25, -0.2) is 9.50 Å². The average Bonchev–Trinajstić information content (AvgIpc) is 3.19. The molecule has 2 atom stereocenters. The first kappa shape index (κ1) is 16.6. The normalized spacial score (nSPS) is 21.4. The standard InChI is InChI=1S/C21H24N4O2/c1-13-9-20-22-11-16-17-8-7-15(10-18(16)25(20)23-13)24(17)12-14-5-4-6-19(26-2)21(14)27-3/h4-6,9,11,15,17H,7-8,10,12H2,1-3H3/t15-,17-/m1/s1. The lowest BCUT2D eigenvalue weighted by atomic mass is 9.98. The first-order valence-corrected chi connectivity index (χ1v) is 9.49. The molecule has 0 radical (unpaired) electrons. The van der Waals surface area contributed by atoms with Crippen LogP contribution in [-0.4, -0.2) is 39.8 Å². The highest BCUT2D eigenvalue weighted by atomic mass is 16.5. The Hall–Kier alpha value is -2.60. The molecule has 27 heavy (non-hydrogen) atoms. The molecule has 2 aliphatic rings. The second kappa shape index (κ2) is 6.23. The van der Waals surface area contributed by atoms with E-state index in [4.69, 9.17) is 9.47 Å². The third-order valence-corrected chi connectivity index (χ3v) is 6.01. The number of aromatic nitrogens is 3. The highest BCUT2D eigenvalue weighted by Crippen LogP contribution is 2.45. The summed E-state index contributed by atoms with van der Waals surface area (Å²) < 4.78 is 13.2. The molecule has 0 saturated carbocycles. The lowest BCUT2D eigenvalue weighted by Crippen LogP contribution is -2.38. The quantitative estimate of drug-likeness (QED) is 0.711. The van der Waals surface area contributed by atoms with Gasteiger partial charge in [0, 0.05) is 48.4 Å². The Morgan fingerprint density at radius 3 is 2.89 bits per heavy atom. The number of methoxy groups -OCH3 is 2. The van der Waals surface area contributed by atoms with Crippen molar-refractivity contribution in [3.63, 3.8) is 0 Å². The van der Waals surface area contributed by atoms with E-state index in [1.165, 1.54) is 23.2 Å². The number of nitrogens with zero attached hydrogens (tertiary/aromatic N) is 4. The summed E-state index contributed by atoms with van der Waals surface area (Å²) in [6.07, 6.45) is 5.44. The summed E-state index contributed by atoms with van der Waals surface area (Å²) in [7, 11) is 3.40. The third kappa shape index (κ3) is 2.51. The molecule has 0 amide bonds. The lowest BCUT2D eigenvalue weighted by Gasteiger charge is -2.36. The van der Waals surface area contributed by atoms with E-state index in [9.17, 15) is 0 Å². The van der Waals surface area contributed by atoms with E-state index >= 15 is 0 Å². The summed E-state index contributed by atoms with van der Waals surface area (Å²) in [5, 5.41) is 4.68. The molecule has 5 rings (SSSR count). The number of hydrogen-bond donors (Lipinski definition) is 0. The molecule has 6 heteroatoms. The Morgan fingerprint density at radius 1 is 1.19 bits per heavy atom. The molecule has 1 saturated heterocycles. The maximum absolute atomic E-state index is 5.65. The summed E-state index contributed by atoms with van der Waals surface area (Å²) >= 11 is 0. The van der Waals surface area contributed by atoms with Crippen LogP contribution >= 0.6 is 0 Å². The maximum Gasteiger partial charge on any atom is 0.165 e. The number of benzene rings is 1. The maximum atomic E-state index is 5.65. The van der Waals surface area contributed by atoms with Gasteiger partial charge in [0.15, 0.2) is 17.1 Å². The minimum atomic E-state index is 0.385. The molecule has 2 aromatic heterocycles. The number of fused-ring (bicyclic) bond motifs is 6. The van der Waals surface area contributed by atoms with Crippen LogP contribution in [0.25, 0.3) is 5.65 Å². The average molecular weight is 364 g/mol. The molecule has 0 N–H and O–H groups in total. The minimum Gasteiger partial charge on any atom is -0.493 e. The van der Waals surface area contributed by atoms with E-state index in [2.05, 4.69) is 37.8 Å². The topological polar surface area (TPSA) is 51.9 Å². The summed E-state index contributed by atoms with van der Waals surface area (Å²) in [6.45, 7) is 2.88. The summed E-state index contributed by atoms with van der Waals surface area (Å²) in [5.41, 5.74) is 5.79. The zero-order chi connectivity index (χ0) is 18.5. The molecular formula is C21H24N4O2. The fourth-order valence-corrected chi connectivity index (χ4v) is 4.82. The van der Waals surface area contributed by atoms with Crippen molar-refractivity contribution in [1.29, 1.82) is 0 Å². The molecule has 0 spiro atoms. The Morgan fingerprint density at radius 2 is 2.07 bits per heavy atom. The van der Waals surface area contributed by atoms with Crippen LogP contribution in [0.2, 0.25) is 0 Å².